The third-order valence-electron chi connectivity index (χ3n) is 5.37. The Balaban J connectivity index is 1.57. The summed E-state index contributed by atoms with van der Waals surface area (Å²) < 4.78 is 0. The lowest BCUT2D eigenvalue weighted by Gasteiger charge is -2.40. The number of carbonyl (C=O) groups excluding carboxylic acids is 1. The van der Waals surface area contributed by atoms with E-state index >= 15 is 0 Å². The molecule has 2 aromatic carbocycles. The first-order valence-electron chi connectivity index (χ1n) is 9.31. The maximum Gasteiger partial charge on any atom is 0.407 e. The summed E-state index contributed by atoms with van der Waals surface area (Å²) in [6.07, 6.45) is 1.27. The average Bonchev–Trinajstić information content (AvgIpc) is 2.81. The Labute approximate surface area is 158 Å². The van der Waals surface area contributed by atoms with Crippen LogP contribution in [0.4, 0.5) is 16.2 Å². The van der Waals surface area contributed by atoms with E-state index < -0.39 is 6.09 Å². The van der Waals surface area contributed by atoms with Gasteiger partial charge < -0.3 is 20.2 Å². The standard InChI is InChI=1S/C21H23N3O3/c25-20-13-17-14-23(21(26)27)10-11-24(17)19-12-16(8-9-18(19)22-20)7-6-15-4-2-1-3-5-15/h1-5,8-9,12,17H,6-7,10-11,13-14H2,(H,22,25)(H,26,27). The van der Waals surface area contributed by atoms with Crippen LogP contribution in [0.25, 0.3) is 0 Å². The van der Waals surface area contributed by atoms with Crippen LogP contribution in [0.15, 0.2) is 48.5 Å². The number of anilines is 2. The summed E-state index contributed by atoms with van der Waals surface area (Å²) in [4.78, 5) is 27.2. The molecule has 6 nitrogen and oxygen atoms in total. The molecule has 0 spiro atoms. The first-order valence-corrected chi connectivity index (χ1v) is 9.31. The van der Waals surface area contributed by atoms with E-state index in [1.807, 2.05) is 12.1 Å². The fourth-order valence-electron chi connectivity index (χ4n) is 3.95. The van der Waals surface area contributed by atoms with Crippen molar-refractivity contribution in [1.82, 2.24) is 4.90 Å². The van der Waals surface area contributed by atoms with E-state index in [4.69, 9.17) is 0 Å². The number of carbonyl (C=O) groups is 2. The Morgan fingerprint density at radius 1 is 1.07 bits per heavy atom. The minimum atomic E-state index is -0.920. The van der Waals surface area contributed by atoms with Gasteiger partial charge in [-0.1, -0.05) is 36.4 Å². The summed E-state index contributed by atoms with van der Waals surface area (Å²) in [5, 5.41) is 12.3. The number of hydrogen-bond acceptors (Lipinski definition) is 3. The molecule has 2 heterocycles. The summed E-state index contributed by atoms with van der Waals surface area (Å²) in [5.74, 6) is -0.0620. The molecular weight excluding hydrogens is 342 g/mol. The van der Waals surface area contributed by atoms with Crippen LogP contribution in [0.5, 0.6) is 0 Å². The topological polar surface area (TPSA) is 72.9 Å². The van der Waals surface area contributed by atoms with Crippen molar-refractivity contribution >= 4 is 23.4 Å². The fraction of sp³-hybridized carbons (Fsp3) is 0.333. The molecule has 27 heavy (non-hydrogen) atoms. The van der Waals surface area contributed by atoms with Crippen molar-refractivity contribution in [1.29, 1.82) is 0 Å². The minimum Gasteiger partial charge on any atom is -0.465 e. The smallest absolute Gasteiger partial charge is 0.407 e. The molecule has 1 atom stereocenters. The number of hydrogen-bond donors (Lipinski definition) is 2. The van der Waals surface area contributed by atoms with Crippen LogP contribution < -0.4 is 10.2 Å². The van der Waals surface area contributed by atoms with Crippen LogP contribution in [0.2, 0.25) is 0 Å². The molecule has 140 valence electrons. The maximum atomic E-state index is 12.3. The second kappa shape index (κ2) is 7.31. The van der Waals surface area contributed by atoms with Gasteiger partial charge >= 0.3 is 6.09 Å². The molecule has 2 aliphatic heterocycles. The first kappa shape index (κ1) is 17.4. The van der Waals surface area contributed by atoms with Crippen LogP contribution in [0, 0.1) is 0 Å². The van der Waals surface area contributed by atoms with Crippen molar-refractivity contribution in [3.8, 4) is 0 Å². The Morgan fingerprint density at radius 2 is 1.85 bits per heavy atom. The number of amides is 2. The predicted octanol–water partition coefficient (Wildman–Crippen LogP) is 2.98. The van der Waals surface area contributed by atoms with Crippen molar-refractivity contribution in [2.24, 2.45) is 0 Å². The molecule has 0 aromatic heterocycles. The van der Waals surface area contributed by atoms with Gasteiger partial charge in [-0.15, -0.1) is 0 Å². The Morgan fingerprint density at radius 3 is 2.63 bits per heavy atom. The van der Waals surface area contributed by atoms with Gasteiger partial charge in [-0.2, -0.15) is 0 Å². The Hall–Kier alpha value is -3.02. The number of nitrogens with zero attached hydrogens (tertiary/aromatic N) is 2. The molecular formula is C21H23N3O3. The SMILES string of the molecule is O=C1CC2CN(C(=O)O)CCN2c2cc(CCc3ccccc3)ccc2N1. The summed E-state index contributed by atoms with van der Waals surface area (Å²) in [6, 6.07) is 16.4. The van der Waals surface area contributed by atoms with Crippen molar-refractivity contribution in [3.05, 3.63) is 59.7 Å². The molecule has 1 unspecified atom stereocenters. The molecule has 6 heteroatoms. The lowest BCUT2D eigenvalue weighted by Crippen LogP contribution is -2.54. The zero-order valence-corrected chi connectivity index (χ0v) is 15.1. The van der Waals surface area contributed by atoms with E-state index in [2.05, 4.69) is 46.6 Å². The second-order valence-corrected chi connectivity index (χ2v) is 7.17. The van der Waals surface area contributed by atoms with Crippen LogP contribution in [0.1, 0.15) is 17.5 Å². The molecule has 2 aliphatic rings. The lowest BCUT2D eigenvalue weighted by molar-refractivity contribution is -0.116. The maximum absolute atomic E-state index is 12.3. The van der Waals surface area contributed by atoms with Gasteiger partial charge in [-0.05, 0) is 36.1 Å². The molecule has 1 fully saturated rings. The number of nitrogens with one attached hydrogen (secondary N) is 1. The Kier molecular flexibility index (Phi) is 4.71. The van der Waals surface area contributed by atoms with Crippen molar-refractivity contribution in [2.75, 3.05) is 29.9 Å². The largest absolute Gasteiger partial charge is 0.465 e. The van der Waals surface area contributed by atoms with Crippen LogP contribution in [-0.2, 0) is 17.6 Å². The van der Waals surface area contributed by atoms with E-state index in [0.29, 0.717) is 26.1 Å². The van der Waals surface area contributed by atoms with Gasteiger partial charge in [0, 0.05) is 26.1 Å². The summed E-state index contributed by atoms with van der Waals surface area (Å²) in [6.45, 7) is 1.41. The first-order chi connectivity index (χ1) is 13.1. The molecule has 2 amide bonds. The zero-order chi connectivity index (χ0) is 18.8. The highest BCUT2D eigenvalue weighted by molar-refractivity contribution is 5.97. The van der Waals surface area contributed by atoms with Crippen LogP contribution >= 0.6 is 0 Å². The molecule has 4 rings (SSSR count). The number of piperazine rings is 1. The third-order valence-corrected chi connectivity index (χ3v) is 5.37. The molecule has 2 N–H and O–H groups in total. The number of aryl methyl sites for hydroxylation is 2. The van der Waals surface area contributed by atoms with E-state index in [0.717, 1.165) is 24.2 Å². The van der Waals surface area contributed by atoms with Gasteiger partial charge in [0.25, 0.3) is 0 Å². The fourth-order valence-corrected chi connectivity index (χ4v) is 3.95. The van der Waals surface area contributed by atoms with E-state index in [1.54, 1.807) is 0 Å². The zero-order valence-electron chi connectivity index (χ0n) is 15.1. The van der Waals surface area contributed by atoms with E-state index in [9.17, 15) is 14.7 Å². The van der Waals surface area contributed by atoms with Crippen molar-refractivity contribution < 1.29 is 14.7 Å². The van der Waals surface area contributed by atoms with Gasteiger partial charge in [-0.3, -0.25) is 4.79 Å². The second-order valence-electron chi connectivity index (χ2n) is 7.17. The predicted molar refractivity (Wildman–Crippen MR) is 104 cm³/mol. The van der Waals surface area contributed by atoms with Gasteiger partial charge in [0.1, 0.15) is 0 Å². The quantitative estimate of drug-likeness (QED) is 0.877. The van der Waals surface area contributed by atoms with Gasteiger partial charge in [0.15, 0.2) is 0 Å². The highest BCUT2D eigenvalue weighted by Gasteiger charge is 2.34. The van der Waals surface area contributed by atoms with Crippen molar-refractivity contribution in [3.63, 3.8) is 0 Å². The summed E-state index contributed by atoms with van der Waals surface area (Å²) in [7, 11) is 0. The number of fused-ring (bicyclic) bond motifs is 3. The molecule has 0 bridgehead atoms. The normalized spacial score (nSPS) is 19.0. The van der Waals surface area contributed by atoms with Crippen molar-refractivity contribution in [2.45, 2.75) is 25.3 Å². The highest BCUT2D eigenvalue weighted by Crippen LogP contribution is 2.34. The van der Waals surface area contributed by atoms with Gasteiger partial charge in [0.2, 0.25) is 5.91 Å². The van der Waals surface area contributed by atoms with Crippen LogP contribution in [-0.4, -0.2) is 47.7 Å². The van der Waals surface area contributed by atoms with Gasteiger partial charge in [0.05, 0.1) is 17.4 Å². The molecule has 0 radical (unpaired) electrons. The van der Waals surface area contributed by atoms with Gasteiger partial charge in [-0.25, -0.2) is 4.79 Å². The van der Waals surface area contributed by atoms with Crippen LogP contribution in [0.3, 0.4) is 0 Å². The molecule has 0 aliphatic carbocycles. The number of carboxylic acid groups (broad SMARTS) is 1. The highest BCUT2D eigenvalue weighted by atomic mass is 16.4. The monoisotopic (exact) mass is 365 g/mol. The summed E-state index contributed by atoms with van der Waals surface area (Å²) in [5.41, 5.74) is 4.33. The van der Waals surface area contributed by atoms with E-state index in [-0.39, 0.29) is 11.9 Å². The minimum absolute atomic E-state index is 0.0620. The van der Waals surface area contributed by atoms with E-state index in [1.165, 1.54) is 16.0 Å². The molecule has 2 aromatic rings. The molecule has 1 saturated heterocycles. The summed E-state index contributed by atoms with van der Waals surface area (Å²) >= 11 is 0. The third kappa shape index (κ3) is 3.74. The average molecular weight is 365 g/mol. The number of benzene rings is 2. The Bertz CT molecular complexity index is 853. The number of rotatable bonds is 3. The molecule has 0 saturated carbocycles. The lowest BCUT2D eigenvalue weighted by atomic mass is 10.0.